The van der Waals surface area contributed by atoms with Crippen molar-refractivity contribution < 1.29 is 4.42 Å². The lowest BCUT2D eigenvalue weighted by Gasteiger charge is -2.10. The summed E-state index contributed by atoms with van der Waals surface area (Å²) in [5.74, 6) is 0. The first-order valence-corrected chi connectivity index (χ1v) is 12.2. The van der Waals surface area contributed by atoms with E-state index in [2.05, 4.69) is 133 Å². The molecule has 2 nitrogen and oxygen atoms in total. The fraction of sp³-hybridized carbons (Fsp3) is 0. The van der Waals surface area contributed by atoms with Gasteiger partial charge >= 0.3 is 0 Å². The highest BCUT2D eigenvalue weighted by atomic mass is 16.3. The van der Waals surface area contributed by atoms with Gasteiger partial charge in [0.05, 0.1) is 5.69 Å². The summed E-state index contributed by atoms with van der Waals surface area (Å²) in [4.78, 5) is 0. The van der Waals surface area contributed by atoms with Crippen LogP contribution in [0.15, 0.2) is 138 Å². The molecule has 0 atom stereocenters. The van der Waals surface area contributed by atoms with Gasteiger partial charge in [0.15, 0.2) is 5.58 Å². The van der Waals surface area contributed by atoms with Crippen LogP contribution in [0.5, 0.6) is 0 Å². The van der Waals surface area contributed by atoms with Crippen molar-refractivity contribution in [3.05, 3.63) is 133 Å². The Morgan fingerprint density at radius 2 is 1.14 bits per heavy atom. The van der Waals surface area contributed by atoms with E-state index in [1.807, 2.05) is 6.07 Å². The Kier molecular flexibility index (Phi) is 4.82. The predicted molar refractivity (Wildman–Crippen MR) is 152 cm³/mol. The monoisotopic (exact) mass is 461 g/mol. The molecule has 0 radical (unpaired) electrons. The van der Waals surface area contributed by atoms with Gasteiger partial charge in [-0.1, -0.05) is 109 Å². The van der Waals surface area contributed by atoms with Crippen molar-refractivity contribution in [3.63, 3.8) is 0 Å². The van der Waals surface area contributed by atoms with Crippen molar-refractivity contribution in [1.82, 2.24) is 0 Å². The van der Waals surface area contributed by atoms with Gasteiger partial charge in [-0.15, -0.1) is 0 Å². The van der Waals surface area contributed by atoms with Crippen LogP contribution in [0, 0.1) is 0 Å². The van der Waals surface area contributed by atoms with Crippen molar-refractivity contribution in [2.45, 2.75) is 0 Å². The van der Waals surface area contributed by atoms with Crippen LogP contribution in [-0.4, -0.2) is 0 Å². The Morgan fingerprint density at radius 3 is 2.03 bits per heavy atom. The van der Waals surface area contributed by atoms with Gasteiger partial charge in [-0.3, -0.25) is 0 Å². The van der Waals surface area contributed by atoms with Gasteiger partial charge < -0.3 is 9.73 Å². The summed E-state index contributed by atoms with van der Waals surface area (Å²) >= 11 is 0. The van der Waals surface area contributed by atoms with Crippen LogP contribution >= 0.6 is 0 Å². The highest BCUT2D eigenvalue weighted by Crippen LogP contribution is 2.39. The Bertz CT molecular complexity index is 1860. The fourth-order valence-corrected chi connectivity index (χ4v) is 5.06. The van der Waals surface area contributed by atoms with E-state index in [1.54, 1.807) is 0 Å². The number of rotatable bonds is 4. The standard InChI is InChI=1S/C34H23NO/c1-2-10-24(11-3-1)29-15-7-16-30-31-17-8-18-32(34(31)36-33(29)30)35-28-14-6-13-26(22-28)27-20-19-23-9-4-5-12-25(23)21-27/h1-22,35H. The molecule has 0 saturated carbocycles. The van der Waals surface area contributed by atoms with Crippen LogP contribution in [0.25, 0.3) is 55.0 Å². The molecule has 0 aliphatic rings. The average molecular weight is 462 g/mol. The number of hydrogen-bond donors (Lipinski definition) is 1. The first kappa shape index (κ1) is 20.5. The number of furan rings is 1. The second-order valence-electron chi connectivity index (χ2n) is 9.10. The minimum atomic E-state index is 0.868. The highest BCUT2D eigenvalue weighted by molar-refractivity contribution is 6.12. The Hall–Kier alpha value is -4.82. The van der Waals surface area contributed by atoms with E-state index in [1.165, 1.54) is 21.9 Å². The molecule has 0 aliphatic heterocycles. The van der Waals surface area contributed by atoms with Crippen LogP contribution in [0.2, 0.25) is 0 Å². The summed E-state index contributed by atoms with van der Waals surface area (Å²) in [5.41, 5.74) is 8.40. The molecular formula is C34H23NO. The number of nitrogens with one attached hydrogen (secondary N) is 1. The molecule has 36 heavy (non-hydrogen) atoms. The second-order valence-corrected chi connectivity index (χ2v) is 9.10. The third-order valence-corrected chi connectivity index (χ3v) is 6.83. The molecule has 0 aliphatic carbocycles. The number of fused-ring (bicyclic) bond motifs is 4. The quantitative estimate of drug-likeness (QED) is 0.282. The van der Waals surface area contributed by atoms with Gasteiger partial charge in [-0.05, 0) is 51.7 Å². The Morgan fingerprint density at radius 1 is 0.444 bits per heavy atom. The van der Waals surface area contributed by atoms with Crippen molar-refractivity contribution >= 4 is 44.1 Å². The molecule has 0 unspecified atom stereocenters. The van der Waals surface area contributed by atoms with Crippen molar-refractivity contribution in [2.75, 3.05) is 5.32 Å². The van der Waals surface area contributed by atoms with Gasteiger partial charge in [0.2, 0.25) is 0 Å². The largest absolute Gasteiger partial charge is 0.453 e. The molecule has 6 aromatic carbocycles. The topological polar surface area (TPSA) is 25.2 Å². The zero-order valence-electron chi connectivity index (χ0n) is 19.6. The van der Waals surface area contributed by atoms with Gasteiger partial charge in [-0.25, -0.2) is 0 Å². The zero-order chi connectivity index (χ0) is 23.9. The first-order valence-electron chi connectivity index (χ1n) is 12.2. The Balaban J connectivity index is 1.30. The first-order chi connectivity index (χ1) is 17.8. The van der Waals surface area contributed by atoms with Gasteiger partial charge in [0.1, 0.15) is 5.58 Å². The number of para-hydroxylation sites is 2. The normalized spacial score (nSPS) is 11.3. The molecular weight excluding hydrogens is 438 g/mol. The number of benzene rings is 6. The van der Waals surface area contributed by atoms with E-state index in [0.717, 1.165) is 44.4 Å². The predicted octanol–water partition coefficient (Wildman–Crippen LogP) is 9.82. The summed E-state index contributed by atoms with van der Waals surface area (Å²) in [6.07, 6.45) is 0. The van der Waals surface area contributed by atoms with E-state index in [0.29, 0.717) is 0 Å². The van der Waals surface area contributed by atoms with Crippen LogP contribution in [0.3, 0.4) is 0 Å². The van der Waals surface area contributed by atoms with Crippen LogP contribution in [-0.2, 0) is 0 Å². The van der Waals surface area contributed by atoms with E-state index >= 15 is 0 Å². The molecule has 0 saturated heterocycles. The maximum Gasteiger partial charge on any atom is 0.158 e. The van der Waals surface area contributed by atoms with Crippen molar-refractivity contribution in [2.24, 2.45) is 0 Å². The average Bonchev–Trinajstić information content (AvgIpc) is 3.33. The lowest BCUT2D eigenvalue weighted by atomic mass is 10.0. The van der Waals surface area contributed by atoms with Crippen molar-refractivity contribution in [3.8, 4) is 22.3 Å². The molecule has 0 spiro atoms. The highest BCUT2D eigenvalue weighted by Gasteiger charge is 2.14. The molecule has 0 amide bonds. The van der Waals surface area contributed by atoms with Crippen LogP contribution < -0.4 is 5.32 Å². The molecule has 0 bridgehead atoms. The maximum atomic E-state index is 6.54. The molecule has 1 aromatic heterocycles. The smallest absolute Gasteiger partial charge is 0.158 e. The molecule has 1 heterocycles. The molecule has 7 aromatic rings. The minimum absolute atomic E-state index is 0.868. The van der Waals surface area contributed by atoms with E-state index in [4.69, 9.17) is 4.42 Å². The van der Waals surface area contributed by atoms with E-state index in [-0.39, 0.29) is 0 Å². The molecule has 170 valence electrons. The summed E-state index contributed by atoms with van der Waals surface area (Å²) < 4.78 is 6.54. The van der Waals surface area contributed by atoms with E-state index < -0.39 is 0 Å². The number of hydrogen-bond acceptors (Lipinski definition) is 2. The summed E-state index contributed by atoms with van der Waals surface area (Å²) in [6.45, 7) is 0. The van der Waals surface area contributed by atoms with E-state index in [9.17, 15) is 0 Å². The number of anilines is 2. The van der Waals surface area contributed by atoms with Crippen molar-refractivity contribution in [1.29, 1.82) is 0 Å². The molecule has 0 fully saturated rings. The van der Waals surface area contributed by atoms with Gasteiger partial charge in [0.25, 0.3) is 0 Å². The molecule has 1 N–H and O–H groups in total. The lowest BCUT2D eigenvalue weighted by Crippen LogP contribution is -1.91. The third-order valence-electron chi connectivity index (χ3n) is 6.83. The second kappa shape index (κ2) is 8.44. The minimum Gasteiger partial charge on any atom is -0.453 e. The van der Waals surface area contributed by atoms with Gasteiger partial charge in [-0.2, -0.15) is 0 Å². The Labute approximate surface area is 209 Å². The summed E-state index contributed by atoms with van der Waals surface area (Å²) in [7, 11) is 0. The SMILES string of the molecule is c1ccc(-c2cccc3c2oc2c(Nc4cccc(-c5ccc6ccccc6c5)c4)cccc23)cc1. The molecule has 2 heteroatoms. The zero-order valence-corrected chi connectivity index (χ0v) is 19.6. The van der Waals surface area contributed by atoms with Crippen LogP contribution in [0.4, 0.5) is 11.4 Å². The lowest BCUT2D eigenvalue weighted by molar-refractivity contribution is 0.671. The molecule has 7 rings (SSSR count). The maximum absolute atomic E-state index is 6.54. The summed E-state index contributed by atoms with van der Waals surface area (Å²) in [6, 6.07) is 46.7. The van der Waals surface area contributed by atoms with Crippen LogP contribution in [0.1, 0.15) is 0 Å². The van der Waals surface area contributed by atoms with Gasteiger partial charge in [0, 0.05) is 22.0 Å². The summed E-state index contributed by atoms with van der Waals surface area (Å²) in [5, 5.41) is 8.35. The third kappa shape index (κ3) is 3.52. The fourth-order valence-electron chi connectivity index (χ4n) is 5.06.